The summed E-state index contributed by atoms with van der Waals surface area (Å²) in [6.45, 7) is 2.92. The second kappa shape index (κ2) is 16.8. The molecule has 10 heteroatoms. The van der Waals surface area contributed by atoms with Crippen LogP contribution in [-0.4, -0.2) is 66.0 Å². The minimum atomic E-state index is -0.541. The van der Waals surface area contributed by atoms with Gasteiger partial charge in [-0.25, -0.2) is 5.48 Å². The number of hydrogen-bond donors (Lipinski definition) is 4. The second-order valence-corrected chi connectivity index (χ2v) is 12.0. The quantitative estimate of drug-likeness (QED) is 0.148. The molecule has 0 aromatic heterocycles. The summed E-state index contributed by atoms with van der Waals surface area (Å²) >= 11 is 0. The van der Waals surface area contributed by atoms with Gasteiger partial charge in [0.1, 0.15) is 0 Å². The molecular formula is C36H45N3O7. The standard InChI is InChI=1S/C36H45N3O7/c1-44-24-30-7-5-19-39(30)22-31-20-33(27-13-11-25(23-40)12-14-27)46-36(45-31)28-17-15-26(16-18-28)32-8-3-2-6-29(32)21-37-34(41)9-4-10-35(42)38-43/h2-3,6,8,11-18,30-31,33,36,40,43H,4-5,7,9-10,19-24H2,1H3,(H,37,41)(H,38,42)/t30-,31-,33+,36+/m0/s1. The third kappa shape index (κ3) is 9.00. The van der Waals surface area contributed by atoms with Crippen LogP contribution in [0.2, 0.25) is 0 Å². The van der Waals surface area contributed by atoms with Gasteiger partial charge in [-0.1, -0.05) is 72.8 Å². The van der Waals surface area contributed by atoms with Gasteiger partial charge in [0.05, 0.1) is 25.4 Å². The van der Waals surface area contributed by atoms with Crippen LogP contribution in [0.5, 0.6) is 0 Å². The molecule has 2 aliphatic heterocycles. The Morgan fingerprint density at radius 3 is 2.43 bits per heavy atom. The maximum Gasteiger partial charge on any atom is 0.243 e. The van der Waals surface area contributed by atoms with E-state index in [0.29, 0.717) is 25.6 Å². The molecule has 3 aromatic carbocycles. The van der Waals surface area contributed by atoms with E-state index in [1.54, 1.807) is 12.6 Å². The molecule has 0 saturated carbocycles. The molecule has 2 saturated heterocycles. The Hall–Kier alpha value is -3.64. The van der Waals surface area contributed by atoms with Crippen molar-refractivity contribution in [1.82, 2.24) is 15.7 Å². The van der Waals surface area contributed by atoms with E-state index in [9.17, 15) is 14.7 Å². The van der Waals surface area contributed by atoms with Gasteiger partial charge in [0, 0.05) is 51.1 Å². The van der Waals surface area contributed by atoms with E-state index in [1.807, 2.05) is 60.7 Å². The van der Waals surface area contributed by atoms with Crippen LogP contribution in [-0.2, 0) is 37.0 Å². The first kappa shape index (κ1) is 33.7. The molecular weight excluding hydrogens is 586 g/mol. The summed E-state index contributed by atoms with van der Waals surface area (Å²) in [7, 11) is 1.76. The number of ether oxygens (including phenoxy) is 3. The highest BCUT2D eigenvalue weighted by Gasteiger charge is 2.35. The number of amides is 2. The maximum atomic E-state index is 12.3. The Kier molecular flexibility index (Phi) is 12.3. The Labute approximate surface area is 270 Å². The number of benzene rings is 3. The lowest BCUT2D eigenvalue weighted by Gasteiger charge is -2.38. The molecule has 2 amide bonds. The normalized spacial score (nSPS) is 21.6. The number of methoxy groups -OCH3 is 1. The molecule has 5 rings (SSSR count). The highest BCUT2D eigenvalue weighted by atomic mass is 16.7. The van der Waals surface area contributed by atoms with Crippen LogP contribution < -0.4 is 10.8 Å². The Bertz CT molecular complexity index is 1420. The molecule has 3 aromatic rings. The second-order valence-electron chi connectivity index (χ2n) is 12.0. The van der Waals surface area contributed by atoms with Gasteiger partial charge in [-0.15, -0.1) is 0 Å². The third-order valence-electron chi connectivity index (χ3n) is 8.83. The molecule has 0 spiro atoms. The molecule has 0 radical (unpaired) electrons. The van der Waals surface area contributed by atoms with Gasteiger partial charge in [-0.2, -0.15) is 0 Å². The SMILES string of the molecule is COC[C@@H]1CCCN1C[C@@H]1C[C@H](c2ccc(CO)cc2)O[C@H](c2ccc(-c3ccccc3CNC(=O)CCCC(=O)NO)cc2)O1. The van der Waals surface area contributed by atoms with Crippen molar-refractivity contribution in [1.29, 1.82) is 0 Å². The number of aliphatic hydroxyl groups excluding tert-OH is 1. The minimum absolute atomic E-state index is 0.00334. The monoisotopic (exact) mass is 631 g/mol. The summed E-state index contributed by atoms with van der Waals surface area (Å²) in [5, 5.41) is 21.1. The average Bonchev–Trinajstić information content (AvgIpc) is 3.53. The van der Waals surface area contributed by atoms with E-state index in [0.717, 1.165) is 65.7 Å². The van der Waals surface area contributed by atoms with Crippen molar-refractivity contribution >= 4 is 11.8 Å². The average molecular weight is 632 g/mol. The summed E-state index contributed by atoms with van der Waals surface area (Å²) in [5.41, 5.74) is 7.44. The molecule has 0 aliphatic carbocycles. The van der Waals surface area contributed by atoms with Crippen molar-refractivity contribution in [2.75, 3.05) is 26.8 Å². The zero-order chi connectivity index (χ0) is 32.3. The summed E-state index contributed by atoms with van der Waals surface area (Å²) in [6, 6.07) is 24.5. The molecule has 4 atom stereocenters. The highest BCUT2D eigenvalue weighted by Crippen LogP contribution is 2.39. The van der Waals surface area contributed by atoms with Crippen LogP contribution in [0.3, 0.4) is 0 Å². The molecule has 46 heavy (non-hydrogen) atoms. The lowest BCUT2D eigenvalue weighted by molar-refractivity contribution is -0.253. The molecule has 246 valence electrons. The first-order valence-electron chi connectivity index (χ1n) is 16.1. The molecule has 2 aliphatic rings. The number of hydrogen-bond acceptors (Lipinski definition) is 8. The van der Waals surface area contributed by atoms with E-state index in [4.69, 9.17) is 19.4 Å². The number of carbonyl (C=O) groups is 2. The predicted molar refractivity (Wildman–Crippen MR) is 172 cm³/mol. The van der Waals surface area contributed by atoms with Gasteiger partial charge >= 0.3 is 0 Å². The molecule has 4 N–H and O–H groups in total. The maximum absolute atomic E-state index is 12.3. The fourth-order valence-electron chi connectivity index (χ4n) is 6.33. The largest absolute Gasteiger partial charge is 0.392 e. The number of nitrogens with one attached hydrogen (secondary N) is 2. The van der Waals surface area contributed by atoms with Gasteiger partial charge < -0.3 is 24.6 Å². The van der Waals surface area contributed by atoms with Crippen LogP contribution in [0.15, 0.2) is 72.8 Å². The van der Waals surface area contributed by atoms with Crippen LogP contribution in [0.1, 0.15) is 73.2 Å². The predicted octanol–water partition coefficient (Wildman–Crippen LogP) is 4.79. The van der Waals surface area contributed by atoms with Gasteiger partial charge in [-0.3, -0.25) is 19.7 Å². The van der Waals surface area contributed by atoms with Gasteiger partial charge in [0.25, 0.3) is 0 Å². The fraction of sp³-hybridized carbons (Fsp3) is 0.444. The van der Waals surface area contributed by atoms with Crippen molar-refractivity contribution in [2.24, 2.45) is 0 Å². The number of hydroxylamine groups is 1. The summed E-state index contributed by atoms with van der Waals surface area (Å²) < 4.78 is 18.7. The van der Waals surface area contributed by atoms with Crippen LogP contribution in [0.4, 0.5) is 0 Å². The van der Waals surface area contributed by atoms with E-state index in [2.05, 4.69) is 22.3 Å². The van der Waals surface area contributed by atoms with Crippen LogP contribution >= 0.6 is 0 Å². The first-order chi connectivity index (χ1) is 22.5. The van der Waals surface area contributed by atoms with Crippen molar-refractivity contribution < 1.29 is 34.1 Å². The highest BCUT2D eigenvalue weighted by molar-refractivity contribution is 5.78. The lowest BCUT2D eigenvalue weighted by atomic mass is 9.97. The number of rotatable bonds is 14. The first-order valence-corrected chi connectivity index (χ1v) is 16.1. The molecule has 0 bridgehead atoms. The zero-order valence-corrected chi connectivity index (χ0v) is 26.4. The smallest absolute Gasteiger partial charge is 0.243 e. The fourth-order valence-corrected chi connectivity index (χ4v) is 6.33. The van der Waals surface area contributed by atoms with Crippen molar-refractivity contribution in [2.45, 2.75) is 76.2 Å². The Morgan fingerprint density at radius 2 is 1.70 bits per heavy atom. The van der Waals surface area contributed by atoms with Gasteiger partial charge in [-0.05, 0) is 53.6 Å². The molecule has 2 fully saturated rings. The zero-order valence-electron chi connectivity index (χ0n) is 26.4. The molecule has 2 heterocycles. The number of likely N-dealkylation sites (tertiary alicyclic amines) is 1. The number of aliphatic hydroxyl groups is 1. The van der Waals surface area contributed by atoms with Gasteiger partial charge in [0.2, 0.25) is 11.8 Å². The summed E-state index contributed by atoms with van der Waals surface area (Å²) in [6.07, 6.45) is 2.94. The summed E-state index contributed by atoms with van der Waals surface area (Å²) in [4.78, 5) is 26.0. The van der Waals surface area contributed by atoms with Crippen LogP contribution in [0, 0.1) is 0 Å². The van der Waals surface area contributed by atoms with E-state index < -0.39 is 12.2 Å². The third-order valence-corrected chi connectivity index (χ3v) is 8.83. The Morgan fingerprint density at radius 1 is 0.957 bits per heavy atom. The van der Waals surface area contributed by atoms with Crippen LogP contribution in [0.25, 0.3) is 11.1 Å². The summed E-state index contributed by atoms with van der Waals surface area (Å²) in [5.74, 6) is -0.657. The Balaban J connectivity index is 1.28. The number of nitrogens with zero attached hydrogens (tertiary/aromatic N) is 1. The van der Waals surface area contributed by atoms with Gasteiger partial charge in [0.15, 0.2) is 6.29 Å². The van der Waals surface area contributed by atoms with E-state index in [1.165, 1.54) is 0 Å². The van der Waals surface area contributed by atoms with Crippen molar-refractivity contribution in [3.63, 3.8) is 0 Å². The molecule has 0 unspecified atom stereocenters. The lowest BCUT2D eigenvalue weighted by Crippen LogP contribution is -2.42. The topological polar surface area (TPSA) is 130 Å². The minimum Gasteiger partial charge on any atom is -0.392 e. The van der Waals surface area contributed by atoms with Crippen molar-refractivity contribution in [3.05, 3.63) is 95.1 Å². The van der Waals surface area contributed by atoms with Crippen molar-refractivity contribution in [3.8, 4) is 11.1 Å². The number of carbonyl (C=O) groups excluding carboxylic acids is 2. The van der Waals surface area contributed by atoms with E-state index in [-0.39, 0.29) is 37.6 Å². The van der Waals surface area contributed by atoms with E-state index >= 15 is 0 Å². The molecule has 10 nitrogen and oxygen atoms in total.